The molecule has 3 rings (SSSR count). The molecule has 0 radical (unpaired) electrons. The van der Waals surface area contributed by atoms with Crippen molar-refractivity contribution in [1.82, 2.24) is 4.98 Å². The highest BCUT2D eigenvalue weighted by Gasteiger charge is 2.15. The Labute approximate surface area is 161 Å². The number of benzene rings is 2. The molecule has 140 valence electrons. The van der Waals surface area contributed by atoms with Crippen molar-refractivity contribution in [3.05, 3.63) is 60.3 Å². The molecule has 27 heavy (non-hydrogen) atoms. The number of anilines is 3. The predicted molar refractivity (Wildman–Crippen MR) is 114 cm³/mol. The van der Waals surface area contributed by atoms with Gasteiger partial charge in [-0.15, -0.1) is 0 Å². The topological polar surface area (TPSA) is 54.0 Å². The maximum absolute atomic E-state index is 12.7. The van der Waals surface area contributed by atoms with Gasteiger partial charge in [-0.3, -0.25) is 9.78 Å². The van der Waals surface area contributed by atoms with Gasteiger partial charge in [0.05, 0.1) is 16.8 Å². The summed E-state index contributed by atoms with van der Waals surface area (Å²) in [6, 6.07) is 16.1. The quantitative estimate of drug-likeness (QED) is 0.353. The molecule has 0 aliphatic carbocycles. The molecule has 1 heterocycles. The van der Waals surface area contributed by atoms with Crippen LogP contribution < -0.4 is 10.6 Å². The summed E-state index contributed by atoms with van der Waals surface area (Å²) < 4.78 is 0. The summed E-state index contributed by atoms with van der Waals surface area (Å²) in [5.41, 5.74) is 4.37. The van der Waals surface area contributed by atoms with Crippen LogP contribution in [0.5, 0.6) is 0 Å². The first-order valence-electron chi connectivity index (χ1n) is 9.74. The maximum Gasteiger partial charge on any atom is 0.166 e. The zero-order chi connectivity index (χ0) is 19.1. The SMILES string of the molecule is CCCCNc1ccc2ncc(C(=O)CCC)c(Nc3ccccc3)c2c1. The summed E-state index contributed by atoms with van der Waals surface area (Å²) in [5, 5.41) is 7.88. The molecule has 4 nitrogen and oxygen atoms in total. The maximum atomic E-state index is 12.7. The van der Waals surface area contributed by atoms with E-state index in [4.69, 9.17) is 0 Å². The van der Waals surface area contributed by atoms with E-state index in [1.54, 1.807) is 6.20 Å². The molecule has 0 fully saturated rings. The molecule has 0 atom stereocenters. The van der Waals surface area contributed by atoms with Crippen molar-refractivity contribution in [2.24, 2.45) is 0 Å². The predicted octanol–water partition coefficient (Wildman–Crippen LogP) is 6.17. The first kappa shape index (κ1) is 18.9. The van der Waals surface area contributed by atoms with Crippen LogP contribution in [-0.4, -0.2) is 17.3 Å². The molecule has 0 spiro atoms. The molecular formula is C23H27N3O. The van der Waals surface area contributed by atoms with E-state index < -0.39 is 0 Å². The zero-order valence-corrected chi connectivity index (χ0v) is 16.1. The minimum atomic E-state index is 0.120. The van der Waals surface area contributed by atoms with Gasteiger partial charge >= 0.3 is 0 Å². The van der Waals surface area contributed by atoms with E-state index in [0.29, 0.717) is 12.0 Å². The molecule has 4 heteroatoms. The third kappa shape index (κ3) is 4.64. The number of hydrogen-bond donors (Lipinski definition) is 2. The fourth-order valence-electron chi connectivity index (χ4n) is 3.09. The molecule has 2 N–H and O–H groups in total. The number of carbonyl (C=O) groups is 1. The van der Waals surface area contributed by atoms with Crippen molar-refractivity contribution >= 4 is 33.7 Å². The second-order valence-corrected chi connectivity index (χ2v) is 6.72. The molecule has 0 amide bonds. The van der Waals surface area contributed by atoms with Gasteiger partial charge < -0.3 is 10.6 Å². The summed E-state index contributed by atoms with van der Waals surface area (Å²) in [7, 11) is 0. The Bertz CT molecular complexity index is 906. The van der Waals surface area contributed by atoms with Crippen molar-refractivity contribution < 1.29 is 4.79 Å². The van der Waals surface area contributed by atoms with E-state index in [1.807, 2.05) is 49.4 Å². The molecule has 2 aromatic carbocycles. The first-order chi connectivity index (χ1) is 13.2. The van der Waals surface area contributed by atoms with Gasteiger partial charge in [-0.1, -0.05) is 38.5 Å². The van der Waals surface area contributed by atoms with E-state index in [9.17, 15) is 4.79 Å². The smallest absolute Gasteiger partial charge is 0.166 e. The monoisotopic (exact) mass is 361 g/mol. The Kier molecular flexibility index (Phi) is 6.42. The van der Waals surface area contributed by atoms with Crippen molar-refractivity contribution in [3.63, 3.8) is 0 Å². The van der Waals surface area contributed by atoms with E-state index in [0.717, 1.165) is 53.8 Å². The Morgan fingerprint density at radius 2 is 1.81 bits per heavy atom. The number of Topliss-reactive ketones (excluding diaryl/α,β-unsaturated/α-hetero) is 1. The fraction of sp³-hybridized carbons (Fsp3) is 0.304. The largest absolute Gasteiger partial charge is 0.385 e. The average Bonchev–Trinajstić information content (AvgIpc) is 2.69. The van der Waals surface area contributed by atoms with Crippen LogP contribution in [0.25, 0.3) is 10.9 Å². The number of hydrogen-bond acceptors (Lipinski definition) is 4. The van der Waals surface area contributed by atoms with Gasteiger partial charge in [0, 0.05) is 35.9 Å². The highest BCUT2D eigenvalue weighted by molar-refractivity contribution is 6.09. The lowest BCUT2D eigenvalue weighted by Gasteiger charge is -2.15. The molecule has 0 saturated heterocycles. The number of carbonyl (C=O) groups excluding carboxylic acids is 1. The Balaban J connectivity index is 2.07. The molecule has 0 saturated carbocycles. The Morgan fingerprint density at radius 3 is 2.56 bits per heavy atom. The zero-order valence-electron chi connectivity index (χ0n) is 16.1. The van der Waals surface area contributed by atoms with Crippen LogP contribution in [0.3, 0.4) is 0 Å². The van der Waals surface area contributed by atoms with Crippen molar-refractivity contribution in [3.8, 4) is 0 Å². The lowest BCUT2D eigenvalue weighted by Crippen LogP contribution is -2.06. The lowest BCUT2D eigenvalue weighted by molar-refractivity contribution is 0.0982. The van der Waals surface area contributed by atoms with Gasteiger partial charge in [0.25, 0.3) is 0 Å². The van der Waals surface area contributed by atoms with Crippen LogP contribution in [0.2, 0.25) is 0 Å². The summed E-state index contributed by atoms with van der Waals surface area (Å²) >= 11 is 0. The van der Waals surface area contributed by atoms with E-state index in [1.165, 1.54) is 0 Å². The lowest BCUT2D eigenvalue weighted by atomic mass is 10.0. The van der Waals surface area contributed by atoms with Gasteiger partial charge in [-0.05, 0) is 43.2 Å². The number of nitrogens with zero attached hydrogens (tertiary/aromatic N) is 1. The standard InChI is InChI=1S/C23H27N3O/c1-3-5-14-24-18-12-13-21-19(15-18)23(26-17-10-7-6-8-11-17)20(16-25-21)22(27)9-4-2/h6-8,10-13,15-16,24H,3-5,9,14H2,1-2H3,(H,25,26). The van der Waals surface area contributed by atoms with E-state index in [2.05, 4.69) is 28.6 Å². The molecule has 3 aromatic rings. The van der Waals surface area contributed by atoms with E-state index >= 15 is 0 Å². The van der Waals surface area contributed by atoms with Crippen LogP contribution in [0, 0.1) is 0 Å². The van der Waals surface area contributed by atoms with Crippen molar-refractivity contribution in [1.29, 1.82) is 0 Å². The first-order valence-corrected chi connectivity index (χ1v) is 9.74. The number of ketones is 1. The van der Waals surface area contributed by atoms with Gasteiger partial charge in [0.1, 0.15) is 0 Å². The fourth-order valence-corrected chi connectivity index (χ4v) is 3.09. The number of aromatic nitrogens is 1. The highest BCUT2D eigenvalue weighted by atomic mass is 16.1. The van der Waals surface area contributed by atoms with Crippen LogP contribution in [0.1, 0.15) is 49.9 Å². The number of pyridine rings is 1. The summed E-state index contributed by atoms with van der Waals surface area (Å²) in [6.45, 7) is 5.14. The molecule has 0 aliphatic heterocycles. The molecular weight excluding hydrogens is 334 g/mol. The second-order valence-electron chi connectivity index (χ2n) is 6.72. The molecule has 0 aliphatic rings. The number of para-hydroxylation sites is 1. The number of rotatable bonds is 9. The highest BCUT2D eigenvalue weighted by Crippen LogP contribution is 2.32. The molecule has 0 unspecified atom stereocenters. The third-order valence-electron chi connectivity index (χ3n) is 4.55. The van der Waals surface area contributed by atoms with Crippen LogP contribution in [0.4, 0.5) is 17.1 Å². The summed E-state index contributed by atoms with van der Waals surface area (Å²) in [4.78, 5) is 17.2. The number of nitrogens with one attached hydrogen (secondary N) is 2. The third-order valence-corrected chi connectivity index (χ3v) is 4.55. The van der Waals surface area contributed by atoms with Crippen LogP contribution in [0.15, 0.2) is 54.7 Å². The van der Waals surface area contributed by atoms with Crippen LogP contribution >= 0.6 is 0 Å². The second kappa shape index (κ2) is 9.17. The van der Waals surface area contributed by atoms with Gasteiger partial charge in [-0.2, -0.15) is 0 Å². The minimum absolute atomic E-state index is 0.120. The average molecular weight is 361 g/mol. The van der Waals surface area contributed by atoms with Gasteiger partial charge in [-0.25, -0.2) is 0 Å². The Hall–Kier alpha value is -2.88. The van der Waals surface area contributed by atoms with Gasteiger partial charge in [0.15, 0.2) is 5.78 Å². The summed E-state index contributed by atoms with van der Waals surface area (Å²) in [5.74, 6) is 0.120. The van der Waals surface area contributed by atoms with Crippen LogP contribution in [-0.2, 0) is 0 Å². The Morgan fingerprint density at radius 1 is 1.00 bits per heavy atom. The number of unbranched alkanes of at least 4 members (excludes halogenated alkanes) is 1. The van der Waals surface area contributed by atoms with Crippen molar-refractivity contribution in [2.75, 3.05) is 17.2 Å². The van der Waals surface area contributed by atoms with Crippen molar-refractivity contribution in [2.45, 2.75) is 39.5 Å². The minimum Gasteiger partial charge on any atom is -0.385 e. The van der Waals surface area contributed by atoms with E-state index in [-0.39, 0.29) is 5.78 Å². The number of fused-ring (bicyclic) bond motifs is 1. The van der Waals surface area contributed by atoms with Gasteiger partial charge in [0.2, 0.25) is 0 Å². The normalized spacial score (nSPS) is 10.7. The molecule has 1 aromatic heterocycles. The molecule has 0 bridgehead atoms. The summed E-state index contributed by atoms with van der Waals surface area (Å²) in [6.07, 6.45) is 5.32.